The largest absolute Gasteiger partial charge is 0.459 e. The molecule has 110 valence electrons. The fraction of sp³-hybridized carbons (Fsp3) is 0.357. The Labute approximate surface area is 129 Å². The van der Waals surface area contributed by atoms with E-state index in [0.29, 0.717) is 0 Å². The third-order valence-corrected chi connectivity index (χ3v) is 4.95. The van der Waals surface area contributed by atoms with Crippen molar-refractivity contribution < 1.29 is 19.3 Å². The molecule has 0 bridgehead atoms. The van der Waals surface area contributed by atoms with Crippen LogP contribution in [0.4, 0.5) is 0 Å². The van der Waals surface area contributed by atoms with E-state index in [1.165, 1.54) is 26.0 Å². The van der Waals surface area contributed by atoms with E-state index in [1.54, 1.807) is 19.1 Å². The van der Waals surface area contributed by atoms with Crippen molar-refractivity contribution in [3.05, 3.63) is 39.7 Å². The molecule has 0 heterocycles. The summed E-state index contributed by atoms with van der Waals surface area (Å²) in [5.41, 5.74) is 0. The summed E-state index contributed by atoms with van der Waals surface area (Å²) in [6, 6.07) is 5.99. The lowest BCUT2D eigenvalue weighted by atomic mass is 10.3. The maximum atomic E-state index is 12.6. The Kier molecular flexibility index (Phi) is 5.37. The zero-order valence-electron chi connectivity index (χ0n) is 12.5. The van der Waals surface area contributed by atoms with Gasteiger partial charge in [-0.2, -0.15) is 0 Å². The number of rotatable bonds is 5. The molecule has 0 aromatic heterocycles. The van der Waals surface area contributed by atoms with Gasteiger partial charge < -0.3 is 4.74 Å². The second-order valence-corrected chi connectivity index (χ2v) is 7.02. The molecule has 1 unspecified atom stereocenters. The van der Waals surface area contributed by atoms with E-state index < -0.39 is 21.9 Å². The van der Waals surface area contributed by atoms with Crippen molar-refractivity contribution >= 4 is 31.7 Å². The molecule has 0 saturated heterocycles. The van der Waals surface area contributed by atoms with Gasteiger partial charge in [0.05, 0.1) is 6.27 Å². The Morgan fingerprint density at radius 2 is 2.00 bits per heavy atom. The fourth-order valence-electron chi connectivity index (χ4n) is 1.63. The van der Waals surface area contributed by atoms with Gasteiger partial charge in [0.2, 0.25) is 9.84 Å². The molecule has 0 N–H and O–H groups in total. The van der Waals surface area contributed by atoms with Crippen molar-refractivity contribution in [2.75, 3.05) is 0 Å². The molecule has 1 atom stereocenters. The van der Waals surface area contributed by atoms with Gasteiger partial charge in [0.25, 0.3) is 0 Å². The van der Waals surface area contributed by atoms with E-state index in [1.807, 2.05) is 0 Å². The molecular formula is C14H17BrO4S. The molecular weight excluding hydrogens is 344 g/mol. The third-order valence-electron chi connectivity index (χ3n) is 2.48. The summed E-state index contributed by atoms with van der Waals surface area (Å²) in [5, 5.41) is 0. The number of hydrogen-bond acceptors (Lipinski definition) is 4. The molecule has 0 spiro atoms. The van der Waals surface area contributed by atoms with Crippen LogP contribution in [0, 0.1) is 0 Å². The van der Waals surface area contributed by atoms with Crippen LogP contribution in [0.25, 0.3) is 0 Å². The zero-order chi connectivity index (χ0) is 16.2. The highest BCUT2D eigenvalue weighted by Crippen LogP contribution is 2.24. The quantitative estimate of drug-likeness (QED) is 0.753. The van der Waals surface area contributed by atoms with E-state index >= 15 is 0 Å². The second-order valence-electron chi connectivity index (χ2n) is 4.13. The molecule has 0 aliphatic carbocycles. The Bertz CT molecular complexity index is 650. The molecule has 0 amide bonds. The van der Waals surface area contributed by atoms with E-state index in [2.05, 4.69) is 15.9 Å². The van der Waals surface area contributed by atoms with Gasteiger partial charge in [-0.05, 0) is 43.7 Å². The average Bonchev–Trinajstić information content (AvgIpc) is 2.38. The third kappa shape index (κ3) is 4.45. The Morgan fingerprint density at radius 1 is 1.45 bits per heavy atom. The summed E-state index contributed by atoms with van der Waals surface area (Å²) in [6.07, 6.45) is -0.745. The molecule has 20 heavy (non-hydrogen) atoms. The molecule has 0 aliphatic rings. The van der Waals surface area contributed by atoms with Crippen LogP contribution in [-0.2, 0) is 19.4 Å². The highest BCUT2D eigenvalue weighted by Gasteiger charge is 2.20. The van der Waals surface area contributed by atoms with E-state index in [9.17, 15) is 13.2 Å². The summed E-state index contributed by atoms with van der Waals surface area (Å²) in [5.74, 6) is -0.552. The molecule has 0 saturated carbocycles. The van der Waals surface area contributed by atoms with Gasteiger partial charge in [-0.15, -0.1) is 0 Å². The van der Waals surface area contributed by atoms with Crippen LogP contribution in [0.3, 0.4) is 0 Å². The molecule has 0 aliphatic heterocycles. The molecule has 6 heteroatoms. The summed E-state index contributed by atoms with van der Waals surface area (Å²) >= 11 is 3.24. The highest BCUT2D eigenvalue weighted by atomic mass is 79.9. The van der Waals surface area contributed by atoms with Crippen molar-refractivity contribution in [2.24, 2.45) is 0 Å². The number of halogens is 1. The fourth-order valence-corrected chi connectivity index (χ4v) is 3.38. The standard InChI is InChI=1S/C14H17BrO4S/c1-4-13(9-10(2)19-11(3)16)20(17,18)14-7-5-12(15)6-8-14/h5-10H,4H2,1-3H3/b13-9-/i9D. The van der Waals surface area contributed by atoms with Crippen molar-refractivity contribution in [3.63, 3.8) is 0 Å². The Balaban J connectivity index is 3.30. The molecule has 1 aromatic carbocycles. The number of ether oxygens (including phenoxy) is 1. The molecule has 1 rings (SSSR count). The van der Waals surface area contributed by atoms with Crippen LogP contribution in [-0.4, -0.2) is 20.5 Å². The lowest BCUT2D eigenvalue weighted by molar-refractivity contribution is -0.143. The first-order chi connectivity index (χ1) is 9.70. The molecule has 1 aromatic rings. The minimum absolute atomic E-state index is 0.0430. The number of benzene rings is 1. The van der Waals surface area contributed by atoms with Gasteiger partial charge in [-0.1, -0.05) is 22.9 Å². The molecule has 0 fully saturated rings. The van der Waals surface area contributed by atoms with Gasteiger partial charge >= 0.3 is 5.97 Å². The maximum absolute atomic E-state index is 12.6. The first kappa shape index (κ1) is 15.3. The number of allylic oxidation sites excluding steroid dienone is 1. The summed E-state index contributed by atoms with van der Waals surface area (Å²) in [7, 11) is -3.77. The van der Waals surface area contributed by atoms with Crippen molar-refractivity contribution in [3.8, 4) is 0 Å². The van der Waals surface area contributed by atoms with Crippen LogP contribution in [0.5, 0.6) is 0 Å². The number of hydrogen-bond donors (Lipinski definition) is 0. The monoisotopic (exact) mass is 361 g/mol. The summed E-state index contributed by atoms with van der Waals surface area (Å²) in [4.78, 5) is 11.0. The van der Waals surface area contributed by atoms with E-state index in [4.69, 9.17) is 6.11 Å². The van der Waals surface area contributed by atoms with Gasteiger partial charge in [0.1, 0.15) is 6.10 Å². The van der Waals surface area contributed by atoms with Gasteiger partial charge in [-0.3, -0.25) is 4.79 Å². The minimum Gasteiger partial charge on any atom is -0.459 e. The number of carbonyl (C=O) groups is 1. The van der Waals surface area contributed by atoms with Gasteiger partial charge in [-0.25, -0.2) is 8.42 Å². The normalized spacial score (nSPS) is 15.1. The van der Waals surface area contributed by atoms with Gasteiger partial charge in [0.15, 0.2) is 0 Å². The smallest absolute Gasteiger partial charge is 0.303 e. The highest BCUT2D eigenvalue weighted by molar-refractivity contribution is 9.10. The van der Waals surface area contributed by atoms with Crippen molar-refractivity contribution in [1.82, 2.24) is 0 Å². The first-order valence-corrected chi connectivity index (χ1v) is 8.35. The Morgan fingerprint density at radius 3 is 2.45 bits per heavy atom. The topological polar surface area (TPSA) is 60.4 Å². The molecule has 4 nitrogen and oxygen atoms in total. The lowest BCUT2D eigenvalue weighted by Crippen LogP contribution is -2.13. The van der Waals surface area contributed by atoms with Crippen LogP contribution in [0.1, 0.15) is 28.6 Å². The maximum Gasteiger partial charge on any atom is 0.303 e. The van der Waals surface area contributed by atoms with Crippen LogP contribution in [0.15, 0.2) is 44.6 Å². The predicted molar refractivity (Wildman–Crippen MR) is 80.9 cm³/mol. The second kappa shape index (κ2) is 7.04. The van der Waals surface area contributed by atoms with E-state index in [0.717, 1.165) is 4.47 Å². The summed E-state index contributed by atoms with van der Waals surface area (Å²) in [6.45, 7) is 4.36. The number of esters is 1. The number of sulfone groups is 1. The average molecular weight is 362 g/mol. The number of carbonyl (C=O) groups excluding carboxylic acids is 1. The zero-order valence-corrected chi connectivity index (χ0v) is 13.9. The van der Waals surface area contributed by atoms with E-state index in [-0.39, 0.29) is 22.3 Å². The van der Waals surface area contributed by atoms with Crippen molar-refractivity contribution in [2.45, 2.75) is 38.2 Å². The summed E-state index contributed by atoms with van der Waals surface area (Å²) < 4.78 is 38.8. The molecule has 0 radical (unpaired) electrons. The Hall–Kier alpha value is -1.14. The minimum atomic E-state index is -3.77. The van der Waals surface area contributed by atoms with Crippen LogP contribution < -0.4 is 0 Å². The lowest BCUT2D eigenvalue weighted by Gasteiger charge is -2.11. The predicted octanol–water partition coefficient (Wildman–Crippen LogP) is 3.47. The van der Waals surface area contributed by atoms with Crippen LogP contribution in [0.2, 0.25) is 0 Å². The van der Waals surface area contributed by atoms with Crippen LogP contribution >= 0.6 is 15.9 Å². The SMILES string of the molecule is [2H]/C(=C(\CC)S(=O)(=O)c1ccc(Br)cc1)C(C)OC(C)=O. The first-order valence-electron chi connectivity index (χ1n) is 6.57. The van der Waals surface area contributed by atoms with Crippen molar-refractivity contribution in [1.29, 1.82) is 0 Å². The van der Waals surface area contributed by atoms with Gasteiger partial charge in [0, 0.05) is 16.3 Å².